The summed E-state index contributed by atoms with van der Waals surface area (Å²) in [5.74, 6) is 1.49. The van der Waals surface area contributed by atoms with Crippen LogP contribution in [0.5, 0.6) is 5.75 Å². The van der Waals surface area contributed by atoms with Gasteiger partial charge in [0.05, 0.1) is 0 Å². The number of para-hydroxylation sites is 1. The average molecular weight is 338 g/mol. The van der Waals surface area contributed by atoms with Crippen LogP contribution in [0.15, 0.2) is 54.6 Å². The molecule has 1 fully saturated rings. The molecule has 0 aromatic heterocycles. The van der Waals surface area contributed by atoms with E-state index in [0.717, 1.165) is 11.3 Å². The Morgan fingerprint density at radius 2 is 1.80 bits per heavy atom. The molecule has 1 saturated carbocycles. The van der Waals surface area contributed by atoms with E-state index in [1.807, 2.05) is 54.6 Å². The molecule has 1 aliphatic rings. The highest BCUT2D eigenvalue weighted by Crippen LogP contribution is 2.34. The third kappa shape index (κ3) is 4.83. The minimum absolute atomic E-state index is 0.0280. The Bertz CT molecular complexity index is 694. The van der Waals surface area contributed by atoms with Crippen molar-refractivity contribution in [1.29, 1.82) is 0 Å². The maximum absolute atomic E-state index is 12.7. The molecule has 0 bridgehead atoms. The highest BCUT2D eigenvalue weighted by atomic mass is 16.5. The van der Waals surface area contributed by atoms with Crippen LogP contribution in [-0.4, -0.2) is 37.5 Å². The van der Waals surface area contributed by atoms with Gasteiger partial charge in [-0.25, -0.2) is 0 Å². The molecular formula is C21H26N2O2. The number of carbonyl (C=O) groups is 1. The van der Waals surface area contributed by atoms with Gasteiger partial charge in [-0.1, -0.05) is 36.4 Å². The topological polar surface area (TPSA) is 41.6 Å². The monoisotopic (exact) mass is 338 g/mol. The maximum Gasteiger partial charge on any atom is 0.251 e. The van der Waals surface area contributed by atoms with E-state index in [1.165, 1.54) is 12.8 Å². The van der Waals surface area contributed by atoms with Gasteiger partial charge in [-0.05, 0) is 51.1 Å². The van der Waals surface area contributed by atoms with Crippen LogP contribution in [0.2, 0.25) is 0 Å². The van der Waals surface area contributed by atoms with Crippen LogP contribution in [0.1, 0.15) is 28.8 Å². The molecule has 0 radical (unpaired) electrons. The molecule has 4 heteroatoms. The van der Waals surface area contributed by atoms with E-state index in [2.05, 4.69) is 24.3 Å². The zero-order valence-corrected chi connectivity index (χ0v) is 14.9. The normalized spacial score (nSPS) is 15.0. The quantitative estimate of drug-likeness (QED) is 0.803. The molecule has 0 saturated heterocycles. The molecule has 2 aromatic rings. The number of nitrogens with one attached hydrogen (secondary N) is 1. The molecule has 1 unspecified atom stereocenters. The van der Waals surface area contributed by atoms with Crippen molar-refractivity contribution in [3.8, 4) is 5.75 Å². The first-order valence-corrected chi connectivity index (χ1v) is 8.85. The third-order valence-electron chi connectivity index (χ3n) is 4.70. The summed E-state index contributed by atoms with van der Waals surface area (Å²) >= 11 is 0. The Labute approximate surface area is 149 Å². The van der Waals surface area contributed by atoms with E-state index >= 15 is 0 Å². The van der Waals surface area contributed by atoms with Crippen LogP contribution >= 0.6 is 0 Å². The molecule has 25 heavy (non-hydrogen) atoms. The van der Waals surface area contributed by atoms with Crippen LogP contribution in [0.25, 0.3) is 0 Å². The van der Waals surface area contributed by atoms with Crippen molar-refractivity contribution >= 4 is 5.91 Å². The molecule has 0 heterocycles. The van der Waals surface area contributed by atoms with Gasteiger partial charge in [-0.2, -0.15) is 0 Å². The van der Waals surface area contributed by atoms with E-state index in [1.54, 1.807) is 0 Å². The summed E-state index contributed by atoms with van der Waals surface area (Å²) in [5, 5.41) is 3.10. The highest BCUT2D eigenvalue weighted by Gasteiger charge is 2.32. The summed E-state index contributed by atoms with van der Waals surface area (Å²) in [7, 11) is 4.16. The van der Waals surface area contributed by atoms with Gasteiger partial charge >= 0.3 is 0 Å². The summed E-state index contributed by atoms with van der Waals surface area (Å²) in [6.45, 7) is 1.07. The number of benzene rings is 2. The first-order chi connectivity index (χ1) is 12.1. The van der Waals surface area contributed by atoms with Gasteiger partial charge in [0.2, 0.25) is 0 Å². The smallest absolute Gasteiger partial charge is 0.251 e. The van der Waals surface area contributed by atoms with Crippen LogP contribution in [0.3, 0.4) is 0 Å². The van der Waals surface area contributed by atoms with Crippen molar-refractivity contribution in [2.24, 2.45) is 5.92 Å². The lowest BCUT2D eigenvalue weighted by atomic mass is 10.1. The highest BCUT2D eigenvalue weighted by molar-refractivity contribution is 5.95. The van der Waals surface area contributed by atoms with Gasteiger partial charge in [0.1, 0.15) is 12.4 Å². The number of hydrogen-bond acceptors (Lipinski definition) is 3. The zero-order chi connectivity index (χ0) is 17.6. The van der Waals surface area contributed by atoms with Crippen LogP contribution in [-0.2, 0) is 6.61 Å². The number of hydrogen-bond donors (Lipinski definition) is 1. The Balaban J connectivity index is 1.62. The number of rotatable bonds is 8. The lowest BCUT2D eigenvalue weighted by Crippen LogP contribution is -2.41. The fourth-order valence-corrected chi connectivity index (χ4v) is 3.09. The van der Waals surface area contributed by atoms with Gasteiger partial charge in [-0.15, -0.1) is 0 Å². The van der Waals surface area contributed by atoms with Gasteiger partial charge in [0.25, 0.3) is 5.91 Å². The Morgan fingerprint density at radius 1 is 1.12 bits per heavy atom. The first kappa shape index (κ1) is 17.5. The predicted molar refractivity (Wildman–Crippen MR) is 99.7 cm³/mol. The number of ether oxygens (including phenoxy) is 1. The van der Waals surface area contributed by atoms with Crippen LogP contribution in [0.4, 0.5) is 0 Å². The molecule has 3 rings (SSSR count). The second kappa shape index (κ2) is 8.17. The molecule has 1 amide bonds. The second-order valence-electron chi connectivity index (χ2n) is 6.84. The van der Waals surface area contributed by atoms with Gasteiger partial charge in [-0.3, -0.25) is 4.79 Å². The predicted octanol–water partition coefficient (Wildman–Crippen LogP) is 3.34. The van der Waals surface area contributed by atoms with Crippen LogP contribution < -0.4 is 10.1 Å². The van der Waals surface area contributed by atoms with Crippen molar-refractivity contribution < 1.29 is 9.53 Å². The zero-order valence-electron chi connectivity index (χ0n) is 14.9. The maximum atomic E-state index is 12.7. The second-order valence-corrected chi connectivity index (χ2v) is 6.84. The van der Waals surface area contributed by atoms with E-state index in [9.17, 15) is 4.79 Å². The van der Waals surface area contributed by atoms with E-state index in [4.69, 9.17) is 4.74 Å². The van der Waals surface area contributed by atoms with Crippen molar-refractivity contribution in [2.45, 2.75) is 25.5 Å². The van der Waals surface area contributed by atoms with Crippen molar-refractivity contribution in [1.82, 2.24) is 10.2 Å². The Morgan fingerprint density at radius 3 is 2.48 bits per heavy atom. The van der Waals surface area contributed by atoms with E-state index in [-0.39, 0.29) is 5.91 Å². The van der Waals surface area contributed by atoms with Gasteiger partial charge in [0.15, 0.2) is 0 Å². The number of nitrogens with zero attached hydrogens (tertiary/aromatic N) is 1. The molecule has 1 aliphatic carbocycles. The van der Waals surface area contributed by atoms with Gasteiger partial charge in [0, 0.05) is 23.7 Å². The lowest BCUT2D eigenvalue weighted by Gasteiger charge is -2.24. The molecule has 2 aromatic carbocycles. The molecule has 1 N–H and O–H groups in total. The number of carbonyl (C=O) groups excluding carboxylic acids is 1. The van der Waals surface area contributed by atoms with Crippen molar-refractivity contribution in [3.05, 3.63) is 65.7 Å². The SMILES string of the molecule is CN(C)C(CNC(=O)c1ccccc1COc1ccccc1)C1CC1. The van der Waals surface area contributed by atoms with Gasteiger partial charge < -0.3 is 15.0 Å². The van der Waals surface area contributed by atoms with E-state index < -0.39 is 0 Å². The first-order valence-electron chi connectivity index (χ1n) is 8.85. The largest absolute Gasteiger partial charge is 0.489 e. The van der Waals surface area contributed by atoms with E-state index in [0.29, 0.717) is 30.7 Å². The Kier molecular flexibility index (Phi) is 5.71. The minimum Gasteiger partial charge on any atom is -0.489 e. The molecule has 132 valence electrons. The Hall–Kier alpha value is -2.33. The summed E-state index contributed by atoms with van der Waals surface area (Å²) in [6, 6.07) is 17.7. The fourth-order valence-electron chi connectivity index (χ4n) is 3.09. The standard InChI is InChI=1S/C21H26N2O2/c1-23(2)20(16-12-13-16)14-22-21(24)19-11-7-6-8-17(19)15-25-18-9-4-3-5-10-18/h3-11,16,20H,12-15H2,1-2H3,(H,22,24). The van der Waals surface area contributed by atoms with Crippen molar-refractivity contribution in [2.75, 3.05) is 20.6 Å². The minimum atomic E-state index is -0.0280. The summed E-state index contributed by atoms with van der Waals surface area (Å²) < 4.78 is 5.81. The lowest BCUT2D eigenvalue weighted by molar-refractivity contribution is 0.0936. The summed E-state index contributed by atoms with van der Waals surface area (Å²) in [5.41, 5.74) is 1.59. The molecular weight excluding hydrogens is 312 g/mol. The van der Waals surface area contributed by atoms with Crippen LogP contribution in [0, 0.1) is 5.92 Å². The third-order valence-corrected chi connectivity index (χ3v) is 4.70. The summed E-state index contributed by atoms with van der Waals surface area (Å²) in [4.78, 5) is 14.9. The molecule has 1 atom stereocenters. The summed E-state index contributed by atoms with van der Waals surface area (Å²) in [6.07, 6.45) is 2.53. The molecule has 0 spiro atoms. The van der Waals surface area contributed by atoms with Crippen molar-refractivity contribution in [3.63, 3.8) is 0 Å². The molecule has 0 aliphatic heterocycles. The fraction of sp³-hybridized carbons (Fsp3) is 0.381. The number of likely N-dealkylation sites (N-methyl/N-ethyl adjacent to an activating group) is 1. The number of amides is 1. The molecule has 4 nitrogen and oxygen atoms in total. The average Bonchev–Trinajstić information content (AvgIpc) is 3.46.